The number of hydrogen-bond acceptors (Lipinski definition) is 5. The SMILES string of the molecule is CCc1nc2n(n1)C[C@H](N[C@@H](C)C(=O)Nc1ccnn1C(C)C)CC2. The topological polar surface area (TPSA) is 89.7 Å². The van der Waals surface area contributed by atoms with Gasteiger partial charge >= 0.3 is 0 Å². The number of aryl methyl sites for hydroxylation is 2. The van der Waals surface area contributed by atoms with Crippen molar-refractivity contribution in [3.63, 3.8) is 0 Å². The van der Waals surface area contributed by atoms with Crippen molar-refractivity contribution in [3.8, 4) is 0 Å². The van der Waals surface area contributed by atoms with Crippen molar-refractivity contribution in [1.29, 1.82) is 0 Å². The highest BCUT2D eigenvalue weighted by Crippen LogP contribution is 2.15. The minimum Gasteiger partial charge on any atom is -0.310 e. The molecule has 0 unspecified atom stereocenters. The van der Waals surface area contributed by atoms with E-state index in [1.807, 2.05) is 31.5 Å². The highest BCUT2D eigenvalue weighted by molar-refractivity contribution is 5.93. The Balaban J connectivity index is 1.57. The fourth-order valence-corrected chi connectivity index (χ4v) is 3.13. The molecule has 3 rings (SSSR count). The molecule has 2 aromatic heterocycles. The number of carbonyl (C=O) groups is 1. The van der Waals surface area contributed by atoms with Crippen molar-refractivity contribution in [1.82, 2.24) is 29.9 Å². The third-order valence-electron chi connectivity index (χ3n) is 4.51. The van der Waals surface area contributed by atoms with Crippen molar-refractivity contribution < 1.29 is 4.79 Å². The molecule has 0 radical (unpaired) electrons. The Bertz CT molecular complexity index is 733. The molecule has 0 bridgehead atoms. The lowest BCUT2D eigenvalue weighted by molar-refractivity contribution is -0.118. The van der Waals surface area contributed by atoms with Crippen molar-refractivity contribution in [2.75, 3.05) is 5.32 Å². The molecule has 0 aliphatic carbocycles. The number of amides is 1. The highest BCUT2D eigenvalue weighted by atomic mass is 16.2. The molecule has 0 saturated heterocycles. The van der Waals surface area contributed by atoms with Crippen LogP contribution in [0.5, 0.6) is 0 Å². The molecule has 8 heteroatoms. The first-order valence-electron chi connectivity index (χ1n) is 9.01. The van der Waals surface area contributed by atoms with Gasteiger partial charge < -0.3 is 10.6 Å². The van der Waals surface area contributed by atoms with Crippen molar-refractivity contribution in [3.05, 3.63) is 23.9 Å². The summed E-state index contributed by atoms with van der Waals surface area (Å²) in [4.78, 5) is 17.0. The maximum absolute atomic E-state index is 12.5. The standard InChI is InChI=1S/C17H27N7O/c1-5-14-20-15-7-6-13(10-23(15)22-14)19-12(4)17(25)21-16-8-9-18-24(16)11(2)3/h8-9,11-13,19H,5-7,10H2,1-4H3,(H,21,25)/t12-,13+/m0/s1. The lowest BCUT2D eigenvalue weighted by Crippen LogP contribution is -2.47. The molecule has 2 N–H and O–H groups in total. The molecule has 0 fully saturated rings. The van der Waals surface area contributed by atoms with E-state index in [-0.39, 0.29) is 24.0 Å². The third-order valence-corrected chi connectivity index (χ3v) is 4.51. The van der Waals surface area contributed by atoms with Crippen LogP contribution in [0.15, 0.2) is 12.3 Å². The van der Waals surface area contributed by atoms with Crippen LogP contribution in [0, 0.1) is 0 Å². The molecule has 1 aliphatic rings. The number of carbonyl (C=O) groups excluding carboxylic acids is 1. The normalized spacial score (nSPS) is 18.2. The zero-order valence-electron chi connectivity index (χ0n) is 15.4. The average molecular weight is 345 g/mol. The van der Waals surface area contributed by atoms with Crippen LogP contribution in [-0.2, 0) is 24.2 Å². The van der Waals surface area contributed by atoms with Crippen LogP contribution in [0.4, 0.5) is 5.82 Å². The Kier molecular flexibility index (Phi) is 5.17. The lowest BCUT2D eigenvalue weighted by atomic mass is 10.1. The molecule has 136 valence electrons. The van der Waals surface area contributed by atoms with Gasteiger partial charge in [-0.15, -0.1) is 0 Å². The van der Waals surface area contributed by atoms with Crippen LogP contribution >= 0.6 is 0 Å². The first-order chi connectivity index (χ1) is 12.0. The van der Waals surface area contributed by atoms with Gasteiger partial charge in [-0.05, 0) is 27.2 Å². The molecule has 1 amide bonds. The van der Waals surface area contributed by atoms with Gasteiger partial charge in [-0.25, -0.2) is 14.3 Å². The van der Waals surface area contributed by atoms with E-state index in [0.29, 0.717) is 0 Å². The van der Waals surface area contributed by atoms with E-state index >= 15 is 0 Å². The van der Waals surface area contributed by atoms with Gasteiger partial charge in [0, 0.05) is 31.0 Å². The van der Waals surface area contributed by atoms with Gasteiger partial charge in [0.05, 0.1) is 18.8 Å². The predicted octanol–water partition coefficient (Wildman–Crippen LogP) is 1.55. The fraction of sp³-hybridized carbons (Fsp3) is 0.647. The van der Waals surface area contributed by atoms with Crippen molar-refractivity contribution in [2.24, 2.45) is 0 Å². The number of fused-ring (bicyclic) bond motifs is 1. The number of hydrogen-bond donors (Lipinski definition) is 2. The summed E-state index contributed by atoms with van der Waals surface area (Å²) in [7, 11) is 0. The Morgan fingerprint density at radius 1 is 1.40 bits per heavy atom. The molecule has 8 nitrogen and oxygen atoms in total. The molecular formula is C17H27N7O. The van der Waals surface area contributed by atoms with Crippen LogP contribution in [0.2, 0.25) is 0 Å². The van der Waals surface area contributed by atoms with Crippen LogP contribution in [-0.4, -0.2) is 42.5 Å². The monoisotopic (exact) mass is 345 g/mol. The Labute approximate surface area is 148 Å². The first kappa shape index (κ1) is 17.6. The van der Waals surface area contributed by atoms with E-state index in [0.717, 1.165) is 43.3 Å². The Hall–Kier alpha value is -2.22. The molecule has 0 aromatic carbocycles. The van der Waals surface area contributed by atoms with Crippen molar-refractivity contribution in [2.45, 2.75) is 71.6 Å². The summed E-state index contributed by atoms with van der Waals surface area (Å²) >= 11 is 0. The molecule has 25 heavy (non-hydrogen) atoms. The lowest BCUT2D eigenvalue weighted by Gasteiger charge is -2.26. The summed E-state index contributed by atoms with van der Waals surface area (Å²) < 4.78 is 3.78. The number of anilines is 1. The van der Waals surface area contributed by atoms with Gasteiger partial charge in [-0.2, -0.15) is 10.2 Å². The number of rotatable bonds is 6. The van der Waals surface area contributed by atoms with Gasteiger partial charge in [0.2, 0.25) is 5.91 Å². The van der Waals surface area contributed by atoms with E-state index in [4.69, 9.17) is 0 Å². The minimum atomic E-state index is -0.295. The summed E-state index contributed by atoms with van der Waals surface area (Å²) in [6.07, 6.45) is 4.40. The Morgan fingerprint density at radius 2 is 2.20 bits per heavy atom. The second kappa shape index (κ2) is 7.35. The quantitative estimate of drug-likeness (QED) is 0.829. The zero-order valence-corrected chi connectivity index (χ0v) is 15.4. The van der Waals surface area contributed by atoms with E-state index < -0.39 is 0 Å². The van der Waals surface area contributed by atoms with Crippen LogP contribution < -0.4 is 10.6 Å². The smallest absolute Gasteiger partial charge is 0.242 e. The first-order valence-corrected chi connectivity index (χ1v) is 9.01. The molecule has 2 atom stereocenters. The molecule has 2 aromatic rings. The fourth-order valence-electron chi connectivity index (χ4n) is 3.13. The Morgan fingerprint density at radius 3 is 2.92 bits per heavy atom. The number of nitrogens with zero attached hydrogens (tertiary/aromatic N) is 5. The summed E-state index contributed by atoms with van der Waals surface area (Å²) in [6, 6.07) is 1.94. The molecule has 0 spiro atoms. The minimum absolute atomic E-state index is 0.0546. The molecule has 0 saturated carbocycles. The molecular weight excluding hydrogens is 318 g/mol. The second-order valence-electron chi connectivity index (χ2n) is 6.85. The van der Waals surface area contributed by atoms with E-state index in [1.54, 1.807) is 10.9 Å². The van der Waals surface area contributed by atoms with Crippen LogP contribution in [0.25, 0.3) is 0 Å². The zero-order chi connectivity index (χ0) is 18.0. The predicted molar refractivity (Wildman–Crippen MR) is 95.3 cm³/mol. The van der Waals surface area contributed by atoms with Gasteiger partial charge in [0.25, 0.3) is 0 Å². The highest BCUT2D eigenvalue weighted by Gasteiger charge is 2.25. The summed E-state index contributed by atoms with van der Waals surface area (Å²) in [5.41, 5.74) is 0. The van der Waals surface area contributed by atoms with Gasteiger partial charge in [-0.1, -0.05) is 6.92 Å². The van der Waals surface area contributed by atoms with Crippen LogP contribution in [0.3, 0.4) is 0 Å². The summed E-state index contributed by atoms with van der Waals surface area (Å²) in [5.74, 6) is 2.61. The maximum Gasteiger partial charge on any atom is 0.242 e. The number of aromatic nitrogens is 5. The summed E-state index contributed by atoms with van der Waals surface area (Å²) in [5, 5.41) is 15.1. The largest absolute Gasteiger partial charge is 0.310 e. The second-order valence-corrected chi connectivity index (χ2v) is 6.85. The van der Waals surface area contributed by atoms with E-state index in [9.17, 15) is 4.79 Å². The van der Waals surface area contributed by atoms with E-state index in [2.05, 4.69) is 32.7 Å². The molecule has 1 aliphatic heterocycles. The van der Waals surface area contributed by atoms with Crippen LogP contribution in [0.1, 0.15) is 51.8 Å². The van der Waals surface area contributed by atoms with Gasteiger partial charge in [0.1, 0.15) is 11.6 Å². The van der Waals surface area contributed by atoms with Crippen molar-refractivity contribution >= 4 is 11.7 Å². The maximum atomic E-state index is 12.5. The summed E-state index contributed by atoms with van der Waals surface area (Å²) in [6.45, 7) is 8.77. The van der Waals surface area contributed by atoms with E-state index in [1.165, 1.54) is 0 Å². The van der Waals surface area contributed by atoms with Gasteiger partial charge in [-0.3, -0.25) is 4.79 Å². The number of nitrogens with one attached hydrogen (secondary N) is 2. The molecule has 3 heterocycles. The third kappa shape index (κ3) is 3.89. The average Bonchev–Trinajstić information content (AvgIpc) is 3.20. The van der Waals surface area contributed by atoms with Gasteiger partial charge in [0.15, 0.2) is 5.82 Å².